The molecule has 7 heteroatoms. The molecule has 3 rings (SSSR count). The molecule has 0 saturated carbocycles. The predicted octanol–water partition coefficient (Wildman–Crippen LogP) is 3.14. The third-order valence-electron chi connectivity index (χ3n) is 4.59. The maximum absolute atomic E-state index is 6.12. The smallest absolute Gasteiger partial charge is 0.194 e. The first-order valence-corrected chi connectivity index (χ1v) is 10.3. The molecular weight excluding hydrogens is 366 g/mol. The van der Waals surface area contributed by atoms with E-state index in [1.165, 1.54) is 0 Å². The van der Waals surface area contributed by atoms with E-state index in [-0.39, 0.29) is 11.7 Å². The lowest BCUT2D eigenvalue weighted by Crippen LogP contribution is -2.48. The number of aliphatic imine (C=N–C) groups is 1. The van der Waals surface area contributed by atoms with Crippen LogP contribution < -0.4 is 10.1 Å². The number of rotatable bonds is 5. The third-order valence-corrected chi connectivity index (χ3v) is 4.59. The molecular formula is C22H33N5O2. The van der Waals surface area contributed by atoms with Crippen LogP contribution in [0.2, 0.25) is 0 Å². The first-order chi connectivity index (χ1) is 13.9. The van der Waals surface area contributed by atoms with Crippen LogP contribution in [-0.4, -0.2) is 52.5 Å². The quantitative estimate of drug-likeness (QED) is 0.618. The number of benzene rings is 1. The van der Waals surface area contributed by atoms with Crippen molar-refractivity contribution in [3.63, 3.8) is 0 Å². The second-order valence-corrected chi connectivity index (χ2v) is 8.25. The fraction of sp³-hybridized carbons (Fsp3) is 0.545. The number of nitrogens with one attached hydrogen (secondary N) is 1. The lowest BCUT2D eigenvalue weighted by atomic mass is 10.1. The van der Waals surface area contributed by atoms with Crippen LogP contribution >= 0.6 is 0 Å². The molecule has 1 atom stereocenters. The molecule has 1 saturated heterocycles. The van der Waals surface area contributed by atoms with E-state index in [2.05, 4.69) is 49.1 Å². The summed E-state index contributed by atoms with van der Waals surface area (Å²) < 4.78 is 13.9. The molecule has 0 spiro atoms. The molecule has 0 radical (unpaired) electrons. The molecule has 1 aliphatic rings. The lowest BCUT2D eigenvalue weighted by Gasteiger charge is -2.34. The van der Waals surface area contributed by atoms with Gasteiger partial charge in [0.1, 0.15) is 17.5 Å². The van der Waals surface area contributed by atoms with Gasteiger partial charge in [-0.2, -0.15) is 5.10 Å². The monoisotopic (exact) mass is 399 g/mol. The van der Waals surface area contributed by atoms with Gasteiger partial charge in [0, 0.05) is 37.5 Å². The average Bonchev–Trinajstić information content (AvgIpc) is 3.11. The summed E-state index contributed by atoms with van der Waals surface area (Å²) in [5.41, 5.74) is 1.93. The van der Waals surface area contributed by atoms with Gasteiger partial charge in [-0.05, 0) is 33.8 Å². The lowest BCUT2D eigenvalue weighted by molar-refractivity contribution is -0.00805. The summed E-state index contributed by atoms with van der Waals surface area (Å²) in [5, 5.41) is 7.70. The van der Waals surface area contributed by atoms with Crippen molar-refractivity contribution in [3.8, 4) is 5.75 Å². The van der Waals surface area contributed by atoms with Crippen molar-refractivity contribution in [3.05, 3.63) is 47.8 Å². The second-order valence-electron chi connectivity index (χ2n) is 8.25. The molecule has 7 nitrogen and oxygen atoms in total. The van der Waals surface area contributed by atoms with E-state index in [9.17, 15) is 0 Å². The highest BCUT2D eigenvalue weighted by atomic mass is 16.5. The molecule has 0 amide bonds. The van der Waals surface area contributed by atoms with Crippen molar-refractivity contribution in [1.29, 1.82) is 0 Å². The van der Waals surface area contributed by atoms with Gasteiger partial charge in [0.05, 0.1) is 25.9 Å². The Balaban J connectivity index is 1.75. The zero-order valence-corrected chi connectivity index (χ0v) is 18.2. The summed E-state index contributed by atoms with van der Waals surface area (Å²) in [6, 6.07) is 8.11. The zero-order chi connectivity index (χ0) is 20.9. The molecule has 1 unspecified atom stereocenters. The molecule has 29 heavy (non-hydrogen) atoms. The molecule has 0 bridgehead atoms. The van der Waals surface area contributed by atoms with Crippen LogP contribution in [0.15, 0.2) is 41.7 Å². The Labute approximate surface area is 173 Å². The molecule has 1 fully saturated rings. The molecule has 1 aromatic heterocycles. The van der Waals surface area contributed by atoms with Crippen molar-refractivity contribution < 1.29 is 9.47 Å². The van der Waals surface area contributed by atoms with Crippen LogP contribution in [0, 0.1) is 0 Å². The molecule has 1 aliphatic heterocycles. The highest BCUT2D eigenvalue weighted by molar-refractivity contribution is 5.80. The van der Waals surface area contributed by atoms with Crippen LogP contribution in [0.4, 0.5) is 0 Å². The van der Waals surface area contributed by atoms with Gasteiger partial charge in [-0.3, -0.25) is 4.68 Å². The number of nitrogens with zero attached hydrogens (tertiary/aromatic N) is 4. The van der Waals surface area contributed by atoms with E-state index in [0.717, 1.165) is 42.5 Å². The fourth-order valence-corrected chi connectivity index (χ4v) is 3.30. The van der Waals surface area contributed by atoms with Gasteiger partial charge < -0.3 is 19.7 Å². The number of ether oxygens (including phenoxy) is 2. The number of hydrogen-bond donors (Lipinski definition) is 1. The minimum Gasteiger partial charge on any atom is -0.488 e. The summed E-state index contributed by atoms with van der Waals surface area (Å²) in [6.07, 6.45) is 3.88. The van der Waals surface area contributed by atoms with Crippen LogP contribution in [0.1, 0.15) is 44.9 Å². The minimum atomic E-state index is -0.245. The Morgan fingerprint density at radius 2 is 2.14 bits per heavy atom. The third kappa shape index (κ3) is 5.97. The van der Waals surface area contributed by atoms with Gasteiger partial charge in [0.15, 0.2) is 5.96 Å². The van der Waals surface area contributed by atoms with Crippen LogP contribution in [0.5, 0.6) is 5.75 Å². The van der Waals surface area contributed by atoms with Gasteiger partial charge in [-0.25, -0.2) is 4.99 Å². The topological polar surface area (TPSA) is 63.9 Å². The number of aryl methyl sites for hydroxylation is 1. The van der Waals surface area contributed by atoms with Gasteiger partial charge in [-0.15, -0.1) is 0 Å². The van der Waals surface area contributed by atoms with Crippen LogP contribution in [0.3, 0.4) is 0 Å². The molecule has 2 aromatic rings. The Morgan fingerprint density at radius 1 is 1.34 bits per heavy atom. The maximum atomic E-state index is 6.12. The fourth-order valence-electron chi connectivity index (χ4n) is 3.30. The Hall–Kier alpha value is -2.54. The number of hydrogen-bond acceptors (Lipinski definition) is 4. The van der Waals surface area contributed by atoms with Gasteiger partial charge >= 0.3 is 0 Å². The number of aromatic nitrogens is 2. The normalized spacial score (nSPS) is 18.0. The highest BCUT2D eigenvalue weighted by Crippen LogP contribution is 2.25. The Bertz CT molecular complexity index is 825. The largest absolute Gasteiger partial charge is 0.488 e. The molecule has 2 heterocycles. The van der Waals surface area contributed by atoms with E-state index in [1.807, 2.05) is 42.3 Å². The number of para-hydroxylation sites is 1. The van der Waals surface area contributed by atoms with E-state index >= 15 is 0 Å². The van der Waals surface area contributed by atoms with Crippen molar-refractivity contribution in [2.24, 2.45) is 12.0 Å². The van der Waals surface area contributed by atoms with Crippen LogP contribution in [-0.2, 0) is 18.3 Å². The van der Waals surface area contributed by atoms with Gasteiger partial charge in [-0.1, -0.05) is 18.2 Å². The molecule has 0 aliphatic carbocycles. The first kappa shape index (κ1) is 21.2. The molecule has 158 valence electrons. The summed E-state index contributed by atoms with van der Waals surface area (Å²) in [5.74, 6) is 1.78. The zero-order valence-electron chi connectivity index (χ0n) is 18.2. The van der Waals surface area contributed by atoms with Gasteiger partial charge in [0.25, 0.3) is 0 Å². The Kier molecular flexibility index (Phi) is 6.79. The van der Waals surface area contributed by atoms with E-state index in [1.54, 1.807) is 0 Å². The SMILES string of the molecule is CCNC(=NCc1ccccc1OC(C)(C)C)N1CCOC(c2cnn(C)c2)C1. The minimum absolute atomic E-state index is 0.00202. The summed E-state index contributed by atoms with van der Waals surface area (Å²) in [4.78, 5) is 7.17. The van der Waals surface area contributed by atoms with Crippen LogP contribution in [0.25, 0.3) is 0 Å². The van der Waals surface area contributed by atoms with E-state index in [4.69, 9.17) is 14.5 Å². The van der Waals surface area contributed by atoms with Crippen molar-refractivity contribution in [2.45, 2.75) is 45.9 Å². The molecule has 1 aromatic carbocycles. The predicted molar refractivity (Wildman–Crippen MR) is 115 cm³/mol. The second kappa shape index (κ2) is 9.31. The summed E-state index contributed by atoms with van der Waals surface area (Å²) in [6.45, 7) is 11.9. The van der Waals surface area contributed by atoms with Gasteiger partial charge in [0.2, 0.25) is 0 Å². The van der Waals surface area contributed by atoms with Crippen molar-refractivity contribution in [2.75, 3.05) is 26.2 Å². The summed E-state index contributed by atoms with van der Waals surface area (Å²) >= 11 is 0. The highest BCUT2D eigenvalue weighted by Gasteiger charge is 2.25. The van der Waals surface area contributed by atoms with Crippen molar-refractivity contribution >= 4 is 5.96 Å². The Morgan fingerprint density at radius 3 is 2.83 bits per heavy atom. The summed E-state index contributed by atoms with van der Waals surface area (Å²) in [7, 11) is 1.92. The maximum Gasteiger partial charge on any atom is 0.194 e. The van der Waals surface area contributed by atoms with E-state index in [0.29, 0.717) is 13.2 Å². The standard InChI is InChI=1S/C22H33N5O2/c1-6-23-21(24-13-17-9-7-8-10-19(17)29-22(2,3)4)27-11-12-28-20(16-27)18-14-25-26(5)15-18/h7-10,14-15,20H,6,11-13,16H2,1-5H3,(H,23,24). The molecule has 1 N–H and O–H groups in total. The van der Waals surface area contributed by atoms with E-state index < -0.39 is 0 Å². The average molecular weight is 400 g/mol. The van der Waals surface area contributed by atoms with Crippen molar-refractivity contribution in [1.82, 2.24) is 20.0 Å². The number of guanidine groups is 1. The number of morpholine rings is 1. The first-order valence-electron chi connectivity index (χ1n) is 10.3.